The average Bonchev–Trinajstić information content (AvgIpc) is 2.41. The molecule has 0 spiro atoms. The third-order valence-electron chi connectivity index (χ3n) is 3.81. The number of likely N-dealkylation sites (tertiary alicyclic amines) is 1. The summed E-state index contributed by atoms with van der Waals surface area (Å²) in [4.78, 5) is 2.39. The minimum Gasteiger partial charge on any atom is -0.490 e. The van der Waals surface area contributed by atoms with Crippen molar-refractivity contribution in [3.63, 3.8) is 0 Å². The van der Waals surface area contributed by atoms with Gasteiger partial charge in [-0.3, -0.25) is 4.90 Å². The minimum atomic E-state index is -0.00990. The molecule has 2 rings (SSSR count). The number of ether oxygens (including phenoxy) is 2. The number of benzene rings is 1. The van der Waals surface area contributed by atoms with Crippen LogP contribution in [0.15, 0.2) is 24.3 Å². The number of rotatable bonds is 5. The molecule has 0 saturated carbocycles. The molecule has 1 aromatic rings. The highest BCUT2D eigenvalue weighted by molar-refractivity contribution is 5.51. The number of nitrogen functional groups attached to an aromatic ring is 1. The molecule has 0 amide bonds. The quantitative estimate of drug-likeness (QED) is 0.828. The zero-order valence-electron chi connectivity index (χ0n) is 11.9. The number of hydrogen-bond donors (Lipinski definition) is 1. The molecule has 1 aliphatic rings. The lowest BCUT2D eigenvalue weighted by Gasteiger charge is -2.39. The Kier molecular flexibility index (Phi) is 4.66. The molecule has 106 valence electrons. The third kappa shape index (κ3) is 3.85. The number of para-hydroxylation sites is 2. The summed E-state index contributed by atoms with van der Waals surface area (Å²) < 4.78 is 11.3. The van der Waals surface area contributed by atoms with Gasteiger partial charge in [0.15, 0.2) is 0 Å². The number of anilines is 1. The van der Waals surface area contributed by atoms with Crippen LogP contribution in [0.1, 0.15) is 19.8 Å². The first kappa shape index (κ1) is 14.2. The molecule has 1 fully saturated rings. The van der Waals surface area contributed by atoms with Crippen molar-refractivity contribution in [3.05, 3.63) is 24.3 Å². The molecule has 0 bridgehead atoms. The summed E-state index contributed by atoms with van der Waals surface area (Å²) in [6, 6.07) is 7.62. The van der Waals surface area contributed by atoms with E-state index < -0.39 is 0 Å². The van der Waals surface area contributed by atoms with Crippen LogP contribution < -0.4 is 10.5 Å². The first-order valence-corrected chi connectivity index (χ1v) is 6.88. The van der Waals surface area contributed by atoms with Gasteiger partial charge in [0, 0.05) is 20.2 Å². The number of methoxy groups -OCH3 is 1. The fraction of sp³-hybridized carbons (Fsp3) is 0.600. The Balaban J connectivity index is 1.78. The fourth-order valence-corrected chi connectivity index (χ4v) is 2.56. The Bertz CT molecular complexity index is 411. The van der Waals surface area contributed by atoms with Gasteiger partial charge >= 0.3 is 0 Å². The van der Waals surface area contributed by atoms with E-state index in [0.717, 1.165) is 31.8 Å². The fourth-order valence-electron chi connectivity index (χ4n) is 2.56. The smallest absolute Gasteiger partial charge is 0.142 e. The van der Waals surface area contributed by atoms with E-state index in [0.29, 0.717) is 12.3 Å². The van der Waals surface area contributed by atoms with Gasteiger partial charge in [0.1, 0.15) is 12.4 Å². The van der Waals surface area contributed by atoms with Crippen molar-refractivity contribution in [2.75, 3.05) is 39.1 Å². The highest BCUT2D eigenvalue weighted by Gasteiger charge is 2.30. The Morgan fingerprint density at radius 1 is 1.37 bits per heavy atom. The van der Waals surface area contributed by atoms with Crippen LogP contribution in [0.2, 0.25) is 0 Å². The molecule has 1 aromatic carbocycles. The molecule has 1 aliphatic heterocycles. The number of piperidine rings is 1. The second kappa shape index (κ2) is 6.26. The summed E-state index contributed by atoms with van der Waals surface area (Å²) in [6.07, 6.45) is 2.31. The lowest BCUT2D eigenvalue weighted by molar-refractivity contribution is -0.0524. The van der Waals surface area contributed by atoms with Crippen LogP contribution in [-0.2, 0) is 4.74 Å². The highest BCUT2D eigenvalue weighted by atomic mass is 16.5. The number of nitrogens with two attached hydrogens (primary N) is 1. The first-order chi connectivity index (χ1) is 9.13. The molecule has 1 saturated heterocycles. The van der Waals surface area contributed by atoms with Crippen LogP contribution in [0.5, 0.6) is 5.75 Å². The maximum atomic E-state index is 5.85. The molecule has 4 heteroatoms. The molecule has 19 heavy (non-hydrogen) atoms. The molecular weight excluding hydrogens is 240 g/mol. The second-order valence-corrected chi connectivity index (χ2v) is 5.42. The SMILES string of the molecule is COC1(C)CCCN(CCOc2ccccc2N)C1. The lowest BCUT2D eigenvalue weighted by atomic mass is 9.95. The summed E-state index contributed by atoms with van der Waals surface area (Å²) in [6.45, 7) is 5.83. The van der Waals surface area contributed by atoms with E-state index in [9.17, 15) is 0 Å². The summed E-state index contributed by atoms with van der Waals surface area (Å²) in [5.74, 6) is 0.772. The van der Waals surface area contributed by atoms with Gasteiger partial charge in [0.25, 0.3) is 0 Å². The maximum absolute atomic E-state index is 5.85. The predicted molar refractivity (Wildman–Crippen MR) is 77.4 cm³/mol. The van der Waals surface area contributed by atoms with E-state index in [-0.39, 0.29) is 5.60 Å². The van der Waals surface area contributed by atoms with Crippen molar-refractivity contribution in [2.24, 2.45) is 0 Å². The van der Waals surface area contributed by atoms with Crippen LogP contribution in [0.3, 0.4) is 0 Å². The van der Waals surface area contributed by atoms with Crippen LogP contribution >= 0.6 is 0 Å². The van der Waals surface area contributed by atoms with E-state index in [2.05, 4.69) is 11.8 Å². The zero-order chi connectivity index (χ0) is 13.7. The van der Waals surface area contributed by atoms with Gasteiger partial charge in [0.2, 0.25) is 0 Å². The lowest BCUT2D eigenvalue weighted by Crippen LogP contribution is -2.48. The first-order valence-electron chi connectivity index (χ1n) is 6.88. The molecule has 4 nitrogen and oxygen atoms in total. The normalized spacial score (nSPS) is 24.3. The maximum Gasteiger partial charge on any atom is 0.142 e. The number of nitrogens with zero attached hydrogens (tertiary/aromatic N) is 1. The van der Waals surface area contributed by atoms with Gasteiger partial charge < -0.3 is 15.2 Å². The van der Waals surface area contributed by atoms with E-state index in [1.165, 1.54) is 6.42 Å². The van der Waals surface area contributed by atoms with Crippen molar-refractivity contribution in [1.29, 1.82) is 0 Å². The number of hydrogen-bond acceptors (Lipinski definition) is 4. The monoisotopic (exact) mass is 264 g/mol. The molecule has 0 radical (unpaired) electrons. The zero-order valence-corrected chi connectivity index (χ0v) is 11.9. The highest BCUT2D eigenvalue weighted by Crippen LogP contribution is 2.24. The van der Waals surface area contributed by atoms with Crippen molar-refractivity contribution in [3.8, 4) is 5.75 Å². The van der Waals surface area contributed by atoms with E-state index >= 15 is 0 Å². The van der Waals surface area contributed by atoms with Crippen molar-refractivity contribution in [2.45, 2.75) is 25.4 Å². The molecule has 2 N–H and O–H groups in total. The summed E-state index contributed by atoms with van der Waals surface area (Å²) in [5, 5.41) is 0. The standard InChI is InChI=1S/C15H24N2O2/c1-15(18-2)8-5-9-17(12-15)10-11-19-14-7-4-3-6-13(14)16/h3-4,6-7H,5,8-12,16H2,1-2H3. The molecular formula is C15H24N2O2. The topological polar surface area (TPSA) is 47.7 Å². The van der Waals surface area contributed by atoms with Crippen molar-refractivity contribution < 1.29 is 9.47 Å². The molecule has 0 aliphatic carbocycles. The van der Waals surface area contributed by atoms with Crippen molar-refractivity contribution >= 4 is 5.69 Å². The summed E-state index contributed by atoms with van der Waals surface area (Å²) in [7, 11) is 1.80. The van der Waals surface area contributed by atoms with E-state index in [1.807, 2.05) is 24.3 Å². The summed E-state index contributed by atoms with van der Waals surface area (Å²) >= 11 is 0. The predicted octanol–water partition coefficient (Wildman–Crippen LogP) is 2.15. The van der Waals surface area contributed by atoms with Crippen LogP contribution in [0.25, 0.3) is 0 Å². The minimum absolute atomic E-state index is 0.00990. The molecule has 0 aromatic heterocycles. The van der Waals surface area contributed by atoms with E-state index in [4.69, 9.17) is 15.2 Å². The molecule has 1 unspecified atom stereocenters. The molecule has 1 heterocycles. The Hall–Kier alpha value is -1.26. The Labute approximate surface area is 115 Å². The average molecular weight is 264 g/mol. The van der Waals surface area contributed by atoms with E-state index in [1.54, 1.807) is 7.11 Å². The van der Waals surface area contributed by atoms with Gasteiger partial charge in [-0.2, -0.15) is 0 Å². The third-order valence-corrected chi connectivity index (χ3v) is 3.81. The Morgan fingerprint density at radius 3 is 2.89 bits per heavy atom. The van der Waals surface area contributed by atoms with Gasteiger partial charge in [-0.05, 0) is 38.4 Å². The molecule has 1 atom stereocenters. The second-order valence-electron chi connectivity index (χ2n) is 5.42. The van der Waals surface area contributed by atoms with Crippen molar-refractivity contribution in [1.82, 2.24) is 4.90 Å². The van der Waals surface area contributed by atoms with Crippen LogP contribution in [0.4, 0.5) is 5.69 Å². The largest absolute Gasteiger partial charge is 0.490 e. The van der Waals surface area contributed by atoms with Gasteiger partial charge in [-0.15, -0.1) is 0 Å². The van der Waals surface area contributed by atoms with Gasteiger partial charge in [-0.1, -0.05) is 12.1 Å². The van der Waals surface area contributed by atoms with Crippen LogP contribution in [0, 0.1) is 0 Å². The van der Waals surface area contributed by atoms with Gasteiger partial charge in [-0.25, -0.2) is 0 Å². The Morgan fingerprint density at radius 2 is 2.16 bits per heavy atom. The van der Waals surface area contributed by atoms with Gasteiger partial charge in [0.05, 0.1) is 11.3 Å². The summed E-state index contributed by atoms with van der Waals surface area (Å²) in [5.41, 5.74) is 6.53. The van der Waals surface area contributed by atoms with Crippen LogP contribution in [-0.4, -0.2) is 43.9 Å².